The van der Waals surface area contributed by atoms with Gasteiger partial charge in [-0.2, -0.15) is 0 Å². The fraction of sp³-hybridized carbons (Fsp3) is 0.458. The molecular weight excluding hydrogens is 517 g/mol. The third-order valence-electron chi connectivity index (χ3n) is 5.22. The molecule has 0 radical (unpaired) electrons. The predicted octanol–water partition coefficient (Wildman–Crippen LogP) is 4.04. The van der Waals surface area contributed by atoms with E-state index < -0.39 is 0 Å². The molecule has 1 heterocycles. The van der Waals surface area contributed by atoms with Gasteiger partial charge in [-0.05, 0) is 68.8 Å². The van der Waals surface area contributed by atoms with Crippen LogP contribution in [0.25, 0.3) is 0 Å². The number of nitrogens with one attached hydrogen (secondary N) is 1. The summed E-state index contributed by atoms with van der Waals surface area (Å²) in [4.78, 5) is 9.37. The van der Waals surface area contributed by atoms with Gasteiger partial charge < -0.3 is 25.4 Å². The van der Waals surface area contributed by atoms with Gasteiger partial charge in [-0.3, -0.25) is 9.89 Å². The number of aliphatic imine (C=N–C) groups is 1. The van der Waals surface area contributed by atoms with Crippen molar-refractivity contribution >= 4 is 41.3 Å². The number of nitrogens with zero attached hydrogens (tertiary/aromatic N) is 3. The van der Waals surface area contributed by atoms with Gasteiger partial charge in [0.25, 0.3) is 0 Å². The van der Waals surface area contributed by atoms with Gasteiger partial charge in [-0.25, -0.2) is 0 Å². The average Bonchev–Trinajstić information content (AvgIpc) is 2.78. The third-order valence-corrected chi connectivity index (χ3v) is 5.22. The van der Waals surface area contributed by atoms with E-state index in [0.29, 0.717) is 12.5 Å². The zero-order valence-electron chi connectivity index (χ0n) is 19.3. The molecule has 0 unspecified atom stereocenters. The highest BCUT2D eigenvalue weighted by Crippen LogP contribution is 2.20. The second kappa shape index (κ2) is 13.4. The number of guanidine groups is 1. The lowest BCUT2D eigenvalue weighted by Crippen LogP contribution is -2.46. The van der Waals surface area contributed by atoms with Crippen LogP contribution >= 0.6 is 24.0 Å². The minimum absolute atomic E-state index is 0. The summed E-state index contributed by atoms with van der Waals surface area (Å²) in [6.45, 7) is 9.98. The number of piperazine rings is 1. The van der Waals surface area contributed by atoms with Crippen molar-refractivity contribution in [2.75, 3.05) is 56.6 Å². The van der Waals surface area contributed by atoms with Crippen LogP contribution in [0.3, 0.4) is 0 Å². The minimum atomic E-state index is 0. The van der Waals surface area contributed by atoms with Crippen LogP contribution in [0, 0.1) is 0 Å². The molecule has 176 valence electrons. The molecule has 0 atom stereocenters. The number of hydrogen-bond acceptors (Lipinski definition) is 5. The van der Waals surface area contributed by atoms with E-state index in [2.05, 4.69) is 32.2 Å². The molecule has 7 nitrogen and oxygen atoms in total. The Morgan fingerprint density at radius 3 is 2.22 bits per heavy atom. The predicted molar refractivity (Wildman–Crippen MR) is 144 cm³/mol. The molecule has 8 heteroatoms. The molecule has 0 spiro atoms. The molecule has 0 aromatic heterocycles. The molecule has 0 saturated carbocycles. The smallest absolute Gasteiger partial charge is 0.193 e. The van der Waals surface area contributed by atoms with Gasteiger partial charge in [0, 0.05) is 50.6 Å². The first kappa shape index (κ1) is 26.1. The molecule has 3 N–H and O–H groups in total. The molecule has 3 rings (SSSR count). The first-order valence-electron chi connectivity index (χ1n) is 11.0. The maximum Gasteiger partial charge on any atom is 0.193 e. The molecule has 1 saturated heterocycles. The second-order valence-electron chi connectivity index (χ2n) is 7.96. The van der Waals surface area contributed by atoms with Gasteiger partial charge in [-0.1, -0.05) is 0 Å². The van der Waals surface area contributed by atoms with E-state index in [9.17, 15) is 0 Å². The van der Waals surface area contributed by atoms with Crippen LogP contribution < -0.4 is 25.4 Å². The van der Waals surface area contributed by atoms with Crippen molar-refractivity contribution in [2.24, 2.45) is 10.7 Å². The highest BCUT2D eigenvalue weighted by atomic mass is 127. The van der Waals surface area contributed by atoms with Crippen molar-refractivity contribution in [1.82, 2.24) is 4.90 Å². The third kappa shape index (κ3) is 8.38. The first-order chi connectivity index (χ1) is 15.0. The van der Waals surface area contributed by atoms with E-state index in [1.165, 1.54) is 5.69 Å². The maximum atomic E-state index is 6.03. The Morgan fingerprint density at radius 1 is 1.00 bits per heavy atom. The van der Waals surface area contributed by atoms with Crippen LogP contribution in [0.4, 0.5) is 11.4 Å². The van der Waals surface area contributed by atoms with Gasteiger partial charge in [0.2, 0.25) is 0 Å². The lowest BCUT2D eigenvalue weighted by Gasteiger charge is -2.36. The fourth-order valence-corrected chi connectivity index (χ4v) is 3.59. The number of methoxy groups -OCH3 is 1. The normalized spacial score (nSPS) is 14.8. The average molecular weight is 553 g/mol. The van der Waals surface area contributed by atoms with Crippen LogP contribution in [0.5, 0.6) is 11.5 Å². The summed E-state index contributed by atoms with van der Waals surface area (Å²) in [7, 11) is 1.70. The molecular formula is C24H36IN5O2. The standard InChI is InChI=1S/C24H35N5O2.HI/c1-19(2)31-23-9-5-20(6-10-23)27-24(25)26-13-4-14-28-15-17-29(18-16-28)21-7-11-22(30-3)12-8-21;/h5-12,19H,4,13-18H2,1-3H3,(H3,25,26,27);1H. The van der Waals surface area contributed by atoms with Gasteiger partial charge >= 0.3 is 0 Å². The lowest BCUT2D eigenvalue weighted by molar-refractivity contribution is 0.242. The molecule has 0 aliphatic carbocycles. The highest BCUT2D eigenvalue weighted by molar-refractivity contribution is 14.0. The van der Waals surface area contributed by atoms with Crippen molar-refractivity contribution < 1.29 is 9.47 Å². The molecule has 1 aliphatic rings. The monoisotopic (exact) mass is 553 g/mol. The van der Waals surface area contributed by atoms with Crippen molar-refractivity contribution in [3.63, 3.8) is 0 Å². The van der Waals surface area contributed by atoms with Gasteiger partial charge in [0.05, 0.1) is 13.2 Å². The zero-order valence-corrected chi connectivity index (χ0v) is 21.6. The Balaban J connectivity index is 0.00000363. The molecule has 2 aromatic carbocycles. The number of nitrogens with two attached hydrogens (primary N) is 1. The fourth-order valence-electron chi connectivity index (χ4n) is 3.59. The van der Waals surface area contributed by atoms with Crippen molar-refractivity contribution in [1.29, 1.82) is 0 Å². The summed E-state index contributed by atoms with van der Waals surface area (Å²) >= 11 is 0. The van der Waals surface area contributed by atoms with Crippen LogP contribution in [-0.4, -0.2) is 63.3 Å². The number of rotatable bonds is 9. The van der Waals surface area contributed by atoms with E-state index in [1.807, 2.05) is 50.2 Å². The van der Waals surface area contributed by atoms with Crippen LogP contribution in [0.15, 0.2) is 53.5 Å². The molecule has 0 bridgehead atoms. The molecule has 1 aliphatic heterocycles. The number of ether oxygens (including phenoxy) is 2. The second-order valence-corrected chi connectivity index (χ2v) is 7.96. The quantitative estimate of drug-likeness (QED) is 0.211. The Morgan fingerprint density at radius 2 is 1.62 bits per heavy atom. The summed E-state index contributed by atoms with van der Waals surface area (Å²) in [5.74, 6) is 2.19. The Labute approximate surface area is 209 Å². The Hall–Kier alpha value is -2.20. The Bertz CT molecular complexity index is 819. The summed E-state index contributed by atoms with van der Waals surface area (Å²) in [6.07, 6.45) is 1.15. The zero-order chi connectivity index (χ0) is 22.1. The van der Waals surface area contributed by atoms with Crippen LogP contribution in [0.2, 0.25) is 0 Å². The van der Waals surface area contributed by atoms with Crippen LogP contribution in [0.1, 0.15) is 20.3 Å². The van der Waals surface area contributed by atoms with Crippen molar-refractivity contribution in [3.8, 4) is 11.5 Å². The number of benzene rings is 2. The molecule has 1 fully saturated rings. The van der Waals surface area contributed by atoms with Gasteiger partial charge in [-0.15, -0.1) is 24.0 Å². The van der Waals surface area contributed by atoms with E-state index in [-0.39, 0.29) is 30.1 Å². The lowest BCUT2D eigenvalue weighted by atomic mass is 10.2. The summed E-state index contributed by atoms with van der Waals surface area (Å²) in [6, 6.07) is 16.1. The van der Waals surface area contributed by atoms with Gasteiger partial charge in [0.1, 0.15) is 11.5 Å². The van der Waals surface area contributed by atoms with E-state index in [1.54, 1.807) is 7.11 Å². The minimum Gasteiger partial charge on any atom is -0.497 e. The number of halogens is 1. The summed E-state index contributed by atoms with van der Waals surface area (Å²) in [5, 5.41) is 3.14. The van der Waals surface area contributed by atoms with E-state index in [0.717, 1.165) is 56.3 Å². The van der Waals surface area contributed by atoms with E-state index in [4.69, 9.17) is 15.2 Å². The van der Waals surface area contributed by atoms with Crippen molar-refractivity contribution in [3.05, 3.63) is 48.5 Å². The maximum absolute atomic E-state index is 6.03. The topological polar surface area (TPSA) is 75.4 Å². The SMILES string of the molecule is COc1ccc(N2CCN(CCCN=C(N)Nc3ccc(OC(C)C)cc3)CC2)cc1.I. The largest absolute Gasteiger partial charge is 0.497 e. The summed E-state index contributed by atoms with van der Waals surface area (Å²) < 4.78 is 10.9. The Kier molecular flexibility index (Phi) is 10.9. The van der Waals surface area contributed by atoms with E-state index >= 15 is 0 Å². The highest BCUT2D eigenvalue weighted by Gasteiger charge is 2.16. The first-order valence-corrected chi connectivity index (χ1v) is 11.0. The number of hydrogen-bond donors (Lipinski definition) is 2. The van der Waals surface area contributed by atoms with Crippen LogP contribution in [-0.2, 0) is 0 Å². The van der Waals surface area contributed by atoms with Gasteiger partial charge in [0.15, 0.2) is 5.96 Å². The molecule has 0 amide bonds. The molecule has 32 heavy (non-hydrogen) atoms. The summed E-state index contributed by atoms with van der Waals surface area (Å²) in [5.41, 5.74) is 8.19. The number of anilines is 2. The van der Waals surface area contributed by atoms with Crippen molar-refractivity contribution in [2.45, 2.75) is 26.4 Å². The molecule has 2 aromatic rings.